The molecule has 2 aromatic carbocycles. The smallest absolute Gasteiger partial charge is 0.251 e. The summed E-state index contributed by atoms with van der Waals surface area (Å²) in [5.74, 6) is 0.120. The molecular formula is C21H25ClN2O2. The summed E-state index contributed by atoms with van der Waals surface area (Å²) in [4.78, 5) is 12.1. The molecule has 3 atom stereocenters. The normalized spacial score (nSPS) is 20.5. The first-order valence-corrected chi connectivity index (χ1v) is 9.41. The molecule has 0 aliphatic heterocycles. The number of nitrogens with one attached hydrogen (secondary N) is 1. The maximum absolute atomic E-state index is 12.1. The minimum atomic E-state index is -0.718. The second-order valence-electron chi connectivity index (χ2n) is 6.91. The summed E-state index contributed by atoms with van der Waals surface area (Å²) in [5.41, 5.74) is 3.30. The van der Waals surface area contributed by atoms with Crippen LogP contribution in [0.25, 0.3) is 0 Å². The Morgan fingerprint density at radius 1 is 1.23 bits per heavy atom. The van der Waals surface area contributed by atoms with E-state index in [4.69, 9.17) is 11.8 Å². The van der Waals surface area contributed by atoms with Crippen LogP contribution in [-0.4, -0.2) is 40.7 Å². The Morgan fingerprint density at radius 2 is 1.92 bits per heavy atom. The van der Waals surface area contributed by atoms with Crippen molar-refractivity contribution in [2.45, 2.75) is 37.8 Å². The van der Waals surface area contributed by atoms with Gasteiger partial charge in [-0.3, -0.25) is 4.79 Å². The number of amides is 1. The first-order chi connectivity index (χ1) is 12.6. The van der Waals surface area contributed by atoms with Crippen LogP contribution in [0.4, 0.5) is 0 Å². The van der Waals surface area contributed by atoms with Crippen molar-refractivity contribution in [1.82, 2.24) is 9.74 Å². The third-order valence-corrected chi connectivity index (χ3v) is 5.50. The van der Waals surface area contributed by atoms with E-state index in [1.165, 1.54) is 11.1 Å². The third-order valence-electron chi connectivity index (χ3n) is 5.11. The highest BCUT2D eigenvalue weighted by molar-refractivity contribution is 6.13. The molecule has 26 heavy (non-hydrogen) atoms. The summed E-state index contributed by atoms with van der Waals surface area (Å²) in [7, 11) is 0. The lowest BCUT2D eigenvalue weighted by Crippen LogP contribution is -2.43. The molecule has 0 radical (unpaired) electrons. The molecule has 3 unspecified atom stereocenters. The van der Waals surface area contributed by atoms with Gasteiger partial charge in [0.2, 0.25) is 0 Å². The fourth-order valence-electron chi connectivity index (χ4n) is 3.65. The van der Waals surface area contributed by atoms with E-state index in [1.807, 2.05) is 18.2 Å². The van der Waals surface area contributed by atoms with Crippen molar-refractivity contribution in [3.05, 3.63) is 71.3 Å². The van der Waals surface area contributed by atoms with Crippen LogP contribution in [0.5, 0.6) is 0 Å². The number of aliphatic hydroxyl groups is 1. The number of hydrogen-bond acceptors (Lipinski definition) is 3. The predicted octanol–water partition coefficient (Wildman–Crippen LogP) is 3.35. The molecule has 3 rings (SSSR count). The van der Waals surface area contributed by atoms with Crippen molar-refractivity contribution in [2.75, 3.05) is 13.1 Å². The highest BCUT2D eigenvalue weighted by Crippen LogP contribution is 2.35. The molecule has 0 saturated carbocycles. The van der Waals surface area contributed by atoms with Crippen LogP contribution in [-0.2, 0) is 6.42 Å². The standard InChI is InChI=1S/C21H25ClN2O2/c1-15-19-10-6-5-7-16(19)11-12-20(15)24(22)14-18(25)13-23-21(26)17-8-3-2-4-9-17/h2-10,15,18,20,25H,11-14H2,1H3,(H,23,26). The largest absolute Gasteiger partial charge is 0.390 e. The summed E-state index contributed by atoms with van der Waals surface area (Å²) < 4.78 is 1.71. The van der Waals surface area contributed by atoms with E-state index in [9.17, 15) is 9.90 Å². The first-order valence-electron chi connectivity index (χ1n) is 9.08. The SMILES string of the molecule is CC1c2ccccc2CCC1N(Cl)CC(O)CNC(=O)c1ccccc1. The molecule has 2 N–H and O–H groups in total. The lowest BCUT2D eigenvalue weighted by molar-refractivity contribution is 0.0882. The Bertz CT molecular complexity index is 738. The fraction of sp³-hybridized carbons (Fsp3) is 0.381. The molecule has 1 aliphatic carbocycles. The van der Waals surface area contributed by atoms with E-state index in [-0.39, 0.29) is 18.5 Å². The van der Waals surface area contributed by atoms with Crippen molar-refractivity contribution < 1.29 is 9.90 Å². The number of hydrogen-bond donors (Lipinski definition) is 2. The topological polar surface area (TPSA) is 52.6 Å². The van der Waals surface area contributed by atoms with Gasteiger partial charge in [0.1, 0.15) is 0 Å². The molecule has 1 aliphatic rings. The van der Waals surface area contributed by atoms with Crippen LogP contribution in [0.1, 0.15) is 40.7 Å². The van der Waals surface area contributed by atoms with Crippen molar-refractivity contribution in [1.29, 1.82) is 0 Å². The Balaban J connectivity index is 1.51. The molecule has 0 heterocycles. The Morgan fingerprint density at radius 3 is 2.69 bits per heavy atom. The molecule has 0 spiro atoms. The van der Waals surface area contributed by atoms with Gasteiger partial charge in [-0.05, 0) is 53.8 Å². The molecule has 1 amide bonds. The number of aliphatic hydroxyl groups excluding tert-OH is 1. The average molecular weight is 373 g/mol. The predicted molar refractivity (Wildman–Crippen MR) is 104 cm³/mol. The lowest BCUT2D eigenvalue weighted by atomic mass is 9.80. The van der Waals surface area contributed by atoms with Gasteiger partial charge >= 0.3 is 0 Å². The minimum absolute atomic E-state index is 0.172. The molecule has 0 bridgehead atoms. The highest BCUT2D eigenvalue weighted by atomic mass is 35.5. The van der Waals surface area contributed by atoms with Crippen LogP contribution < -0.4 is 5.32 Å². The summed E-state index contributed by atoms with van der Waals surface area (Å²) in [6.45, 7) is 2.67. The van der Waals surface area contributed by atoms with E-state index in [0.29, 0.717) is 18.0 Å². The van der Waals surface area contributed by atoms with Gasteiger partial charge in [0.15, 0.2) is 0 Å². The van der Waals surface area contributed by atoms with Gasteiger partial charge in [0, 0.05) is 24.7 Å². The van der Waals surface area contributed by atoms with Crippen molar-refractivity contribution in [3.8, 4) is 0 Å². The Labute approximate surface area is 159 Å². The molecular weight excluding hydrogens is 348 g/mol. The van der Waals surface area contributed by atoms with E-state index in [2.05, 4.69) is 36.5 Å². The number of carbonyl (C=O) groups is 1. The average Bonchev–Trinajstić information content (AvgIpc) is 2.67. The van der Waals surface area contributed by atoms with Crippen LogP contribution >= 0.6 is 11.8 Å². The monoisotopic (exact) mass is 372 g/mol. The van der Waals surface area contributed by atoms with Crippen molar-refractivity contribution in [2.24, 2.45) is 0 Å². The number of nitrogens with zero attached hydrogens (tertiary/aromatic N) is 1. The van der Waals surface area contributed by atoms with Gasteiger partial charge in [-0.2, -0.15) is 0 Å². The van der Waals surface area contributed by atoms with Gasteiger partial charge in [0.25, 0.3) is 5.91 Å². The molecule has 0 fully saturated rings. The molecule has 138 valence electrons. The molecule has 0 aromatic heterocycles. The number of halogens is 1. The molecule has 4 nitrogen and oxygen atoms in total. The van der Waals surface area contributed by atoms with Gasteiger partial charge in [-0.15, -0.1) is 0 Å². The summed E-state index contributed by atoms with van der Waals surface area (Å²) >= 11 is 6.51. The first kappa shape index (κ1) is 18.9. The van der Waals surface area contributed by atoms with Crippen LogP contribution in [0.15, 0.2) is 54.6 Å². The minimum Gasteiger partial charge on any atom is -0.390 e. The van der Waals surface area contributed by atoms with E-state index in [1.54, 1.807) is 16.6 Å². The molecule has 5 heteroatoms. The van der Waals surface area contributed by atoms with Crippen LogP contribution in [0, 0.1) is 0 Å². The number of rotatable bonds is 6. The lowest BCUT2D eigenvalue weighted by Gasteiger charge is -2.36. The van der Waals surface area contributed by atoms with Crippen molar-refractivity contribution >= 4 is 17.7 Å². The number of carbonyl (C=O) groups excluding carboxylic acids is 1. The maximum atomic E-state index is 12.1. The number of aryl methyl sites for hydroxylation is 1. The van der Waals surface area contributed by atoms with Crippen LogP contribution in [0.3, 0.4) is 0 Å². The summed E-state index contributed by atoms with van der Waals surface area (Å²) in [6.07, 6.45) is 1.24. The zero-order valence-electron chi connectivity index (χ0n) is 14.9. The van der Waals surface area contributed by atoms with E-state index < -0.39 is 6.10 Å². The third kappa shape index (κ3) is 4.44. The Kier molecular flexibility index (Phi) is 6.30. The van der Waals surface area contributed by atoms with Gasteiger partial charge in [-0.25, -0.2) is 4.42 Å². The second kappa shape index (κ2) is 8.67. The van der Waals surface area contributed by atoms with Gasteiger partial charge in [0.05, 0.1) is 6.10 Å². The van der Waals surface area contributed by atoms with Gasteiger partial charge in [-0.1, -0.05) is 49.4 Å². The zero-order valence-corrected chi connectivity index (χ0v) is 15.7. The van der Waals surface area contributed by atoms with Crippen LogP contribution in [0.2, 0.25) is 0 Å². The molecule has 0 saturated heterocycles. The fourth-order valence-corrected chi connectivity index (χ4v) is 4.08. The second-order valence-corrected chi connectivity index (χ2v) is 7.34. The number of benzene rings is 2. The molecule has 2 aromatic rings. The van der Waals surface area contributed by atoms with E-state index in [0.717, 1.165) is 12.8 Å². The summed E-state index contributed by atoms with van der Waals surface area (Å²) in [6, 6.07) is 17.6. The highest BCUT2D eigenvalue weighted by Gasteiger charge is 2.30. The Hall–Kier alpha value is -1.88. The quantitative estimate of drug-likeness (QED) is 0.764. The van der Waals surface area contributed by atoms with Gasteiger partial charge < -0.3 is 10.4 Å². The maximum Gasteiger partial charge on any atom is 0.251 e. The van der Waals surface area contributed by atoms with E-state index >= 15 is 0 Å². The zero-order chi connectivity index (χ0) is 18.5. The van der Waals surface area contributed by atoms with Crippen molar-refractivity contribution in [3.63, 3.8) is 0 Å². The summed E-state index contributed by atoms with van der Waals surface area (Å²) in [5, 5.41) is 13.0. The number of fused-ring (bicyclic) bond motifs is 1.